The third kappa shape index (κ3) is 4.07. The van der Waals surface area contributed by atoms with Crippen LogP contribution in [0.2, 0.25) is 0 Å². The van der Waals surface area contributed by atoms with Gasteiger partial charge in [0.2, 0.25) is 5.91 Å². The van der Waals surface area contributed by atoms with Gasteiger partial charge in [-0.2, -0.15) is 0 Å². The minimum atomic E-state index is -0.0285. The average Bonchev–Trinajstić information content (AvgIpc) is 2.54. The van der Waals surface area contributed by atoms with E-state index >= 15 is 0 Å². The molecule has 0 radical (unpaired) electrons. The van der Waals surface area contributed by atoms with Gasteiger partial charge in [0, 0.05) is 19.2 Å². The first-order valence-corrected chi connectivity index (χ1v) is 7.48. The lowest BCUT2D eigenvalue weighted by Crippen LogP contribution is -2.48. The second kappa shape index (κ2) is 7.82. The van der Waals surface area contributed by atoms with Crippen molar-refractivity contribution in [2.24, 2.45) is 5.73 Å². The van der Waals surface area contributed by atoms with Crippen molar-refractivity contribution >= 4 is 5.91 Å². The van der Waals surface area contributed by atoms with E-state index < -0.39 is 0 Å². The number of amides is 1. The molecule has 1 aliphatic rings. The van der Waals surface area contributed by atoms with E-state index in [1.807, 2.05) is 18.2 Å². The largest absolute Gasteiger partial charge is 0.358 e. The van der Waals surface area contributed by atoms with Gasteiger partial charge in [0.05, 0.1) is 12.6 Å². The van der Waals surface area contributed by atoms with Crippen molar-refractivity contribution in [3.05, 3.63) is 35.4 Å². The predicted octanol–water partition coefficient (Wildman–Crippen LogP) is 1.10. The summed E-state index contributed by atoms with van der Waals surface area (Å²) in [4.78, 5) is 14.3. The van der Waals surface area contributed by atoms with E-state index in [-0.39, 0.29) is 11.9 Å². The molecule has 0 saturated carbocycles. The number of hydrogen-bond acceptors (Lipinski definition) is 3. The Hall–Kier alpha value is -1.83. The van der Waals surface area contributed by atoms with Gasteiger partial charge in [-0.3, -0.25) is 9.69 Å². The first kappa shape index (κ1) is 15.6. The van der Waals surface area contributed by atoms with Crippen LogP contribution in [-0.4, -0.2) is 37.0 Å². The maximum atomic E-state index is 12.0. The number of piperidine rings is 1. The maximum absolute atomic E-state index is 12.0. The average molecular weight is 285 g/mol. The Balaban J connectivity index is 2.17. The van der Waals surface area contributed by atoms with Crippen LogP contribution in [0.1, 0.15) is 30.4 Å². The highest BCUT2D eigenvalue weighted by Crippen LogP contribution is 2.21. The summed E-state index contributed by atoms with van der Waals surface area (Å²) in [5.41, 5.74) is 7.62. The van der Waals surface area contributed by atoms with Gasteiger partial charge >= 0.3 is 0 Å². The van der Waals surface area contributed by atoms with E-state index in [1.165, 1.54) is 0 Å². The van der Waals surface area contributed by atoms with Crippen molar-refractivity contribution in [2.75, 3.05) is 20.1 Å². The van der Waals surface area contributed by atoms with Crippen molar-refractivity contribution in [1.82, 2.24) is 10.2 Å². The molecule has 0 aromatic heterocycles. The van der Waals surface area contributed by atoms with Gasteiger partial charge in [-0.1, -0.05) is 36.5 Å². The van der Waals surface area contributed by atoms with Crippen molar-refractivity contribution in [3.63, 3.8) is 0 Å². The molecule has 1 heterocycles. The molecular formula is C17H23N3O. The molecule has 0 spiro atoms. The van der Waals surface area contributed by atoms with Gasteiger partial charge in [0.15, 0.2) is 0 Å². The Morgan fingerprint density at radius 2 is 2.24 bits per heavy atom. The molecule has 1 amide bonds. The maximum Gasteiger partial charge on any atom is 0.237 e. The lowest BCUT2D eigenvalue weighted by molar-refractivity contribution is -0.127. The zero-order valence-electron chi connectivity index (χ0n) is 12.6. The molecule has 21 heavy (non-hydrogen) atoms. The Morgan fingerprint density at radius 3 is 3.00 bits per heavy atom. The summed E-state index contributed by atoms with van der Waals surface area (Å²) in [6.45, 7) is 2.07. The first-order valence-electron chi connectivity index (χ1n) is 7.48. The number of carbonyl (C=O) groups is 1. The summed E-state index contributed by atoms with van der Waals surface area (Å²) in [6.07, 6.45) is 3.18. The van der Waals surface area contributed by atoms with Crippen LogP contribution in [0.5, 0.6) is 0 Å². The highest BCUT2D eigenvalue weighted by Gasteiger charge is 2.28. The minimum absolute atomic E-state index is 0.0285. The van der Waals surface area contributed by atoms with Gasteiger partial charge in [-0.15, -0.1) is 0 Å². The molecule has 1 unspecified atom stereocenters. The van der Waals surface area contributed by atoms with Crippen molar-refractivity contribution in [2.45, 2.75) is 31.8 Å². The van der Waals surface area contributed by atoms with Crippen LogP contribution in [0.3, 0.4) is 0 Å². The molecule has 1 aromatic carbocycles. The van der Waals surface area contributed by atoms with Crippen LogP contribution in [0, 0.1) is 11.8 Å². The smallest absolute Gasteiger partial charge is 0.237 e. The summed E-state index contributed by atoms with van der Waals surface area (Å²) in [6, 6.07) is 8.06. The summed E-state index contributed by atoms with van der Waals surface area (Å²) >= 11 is 0. The number of nitrogens with one attached hydrogen (secondary N) is 1. The van der Waals surface area contributed by atoms with Crippen LogP contribution in [0.15, 0.2) is 24.3 Å². The third-order valence-electron chi connectivity index (χ3n) is 3.88. The van der Waals surface area contributed by atoms with Gasteiger partial charge in [-0.05, 0) is 31.0 Å². The standard InChI is InChI=1S/C17H23N3O/c1-19-17(21)16-10-4-5-12-20(16)13-15-8-3-2-7-14(15)9-6-11-18/h2-3,7-8,16H,4-5,10-13,18H2,1H3,(H,19,21). The number of nitrogens with zero attached hydrogens (tertiary/aromatic N) is 1. The van der Waals surface area contributed by atoms with Gasteiger partial charge < -0.3 is 11.1 Å². The van der Waals surface area contributed by atoms with E-state index in [2.05, 4.69) is 28.1 Å². The first-order chi connectivity index (χ1) is 10.3. The lowest BCUT2D eigenvalue weighted by atomic mass is 9.99. The summed E-state index contributed by atoms with van der Waals surface area (Å²) < 4.78 is 0. The highest BCUT2D eigenvalue weighted by molar-refractivity contribution is 5.81. The van der Waals surface area contributed by atoms with Crippen molar-refractivity contribution in [3.8, 4) is 11.8 Å². The molecule has 0 bridgehead atoms. The summed E-state index contributed by atoms with van der Waals surface area (Å²) in [5.74, 6) is 6.14. The van der Waals surface area contributed by atoms with Gasteiger partial charge in [0.25, 0.3) is 0 Å². The fourth-order valence-corrected chi connectivity index (χ4v) is 2.79. The molecule has 4 nitrogen and oxygen atoms in total. The van der Waals surface area contributed by atoms with Crippen LogP contribution >= 0.6 is 0 Å². The van der Waals surface area contributed by atoms with Crippen LogP contribution in [0.4, 0.5) is 0 Å². The van der Waals surface area contributed by atoms with Gasteiger partial charge in [0.1, 0.15) is 0 Å². The van der Waals surface area contributed by atoms with E-state index in [0.29, 0.717) is 6.54 Å². The fourth-order valence-electron chi connectivity index (χ4n) is 2.79. The number of benzene rings is 1. The molecule has 0 aliphatic carbocycles. The topological polar surface area (TPSA) is 58.4 Å². The Labute approximate surface area is 126 Å². The quantitative estimate of drug-likeness (QED) is 0.818. The van der Waals surface area contributed by atoms with Crippen molar-refractivity contribution in [1.29, 1.82) is 0 Å². The molecule has 4 heteroatoms. The molecular weight excluding hydrogens is 262 g/mol. The molecule has 112 valence electrons. The molecule has 2 rings (SSSR count). The molecule has 1 atom stereocenters. The molecule has 1 fully saturated rings. The van der Waals surface area contributed by atoms with Crippen LogP contribution in [-0.2, 0) is 11.3 Å². The van der Waals surface area contributed by atoms with Crippen LogP contribution in [0.25, 0.3) is 0 Å². The molecule has 1 aliphatic heterocycles. The minimum Gasteiger partial charge on any atom is -0.358 e. The van der Waals surface area contributed by atoms with E-state index in [0.717, 1.165) is 43.5 Å². The monoisotopic (exact) mass is 285 g/mol. The molecule has 1 aromatic rings. The molecule has 1 saturated heterocycles. The third-order valence-corrected chi connectivity index (χ3v) is 3.88. The normalized spacial score (nSPS) is 18.7. The zero-order chi connectivity index (χ0) is 15.1. The Morgan fingerprint density at radius 1 is 1.43 bits per heavy atom. The Kier molecular flexibility index (Phi) is 5.79. The number of likely N-dealkylation sites (tertiary alicyclic amines) is 1. The number of likely N-dealkylation sites (N-methyl/N-ethyl adjacent to an activating group) is 1. The number of carbonyl (C=O) groups excluding carboxylic acids is 1. The van der Waals surface area contributed by atoms with E-state index in [9.17, 15) is 4.79 Å². The highest BCUT2D eigenvalue weighted by atomic mass is 16.2. The fraction of sp³-hybridized carbons (Fsp3) is 0.471. The summed E-state index contributed by atoms with van der Waals surface area (Å²) in [7, 11) is 1.70. The Bertz CT molecular complexity index is 544. The number of hydrogen-bond donors (Lipinski definition) is 2. The van der Waals surface area contributed by atoms with E-state index in [4.69, 9.17) is 5.73 Å². The van der Waals surface area contributed by atoms with Crippen molar-refractivity contribution < 1.29 is 4.79 Å². The zero-order valence-corrected chi connectivity index (χ0v) is 12.6. The van der Waals surface area contributed by atoms with Gasteiger partial charge in [-0.25, -0.2) is 0 Å². The number of rotatable bonds is 3. The second-order valence-electron chi connectivity index (χ2n) is 5.26. The number of nitrogens with two attached hydrogens (primary N) is 1. The predicted molar refractivity (Wildman–Crippen MR) is 84.5 cm³/mol. The molecule has 3 N–H and O–H groups in total. The SMILES string of the molecule is CNC(=O)C1CCCCN1Cc1ccccc1C#CCN. The van der Waals surface area contributed by atoms with E-state index in [1.54, 1.807) is 7.05 Å². The summed E-state index contributed by atoms with van der Waals surface area (Å²) in [5, 5.41) is 2.77. The lowest BCUT2D eigenvalue weighted by Gasteiger charge is -2.34. The van der Waals surface area contributed by atoms with Crippen LogP contribution < -0.4 is 11.1 Å². The second-order valence-corrected chi connectivity index (χ2v) is 5.26.